The lowest BCUT2D eigenvalue weighted by Crippen LogP contribution is -2.37. The molecule has 0 aliphatic carbocycles. The van der Waals surface area contributed by atoms with Crippen LogP contribution in [-0.2, 0) is 21.3 Å². The summed E-state index contributed by atoms with van der Waals surface area (Å²) < 4.78 is 41.3. The first kappa shape index (κ1) is 28.0. The molecule has 0 unspecified atom stereocenters. The normalized spacial score (nSPS) is 18.2. The molecule has 2 fully saturated rings. The van der Waals surface area contributed by atoms with E-state index in [0.29, 0.717) is 18.0 Å². The maximum Gasteiger partial charge on any atom is 0.243 e. The summed E-state index contributed by atoms with van der Waals surface area (Å²) in [4.78, 5) is 8.67. The highest BCUT2D eigenvalue weighted by molar-refractivity contribution is 7.89. The van der Waals surface area contributed by atoms with Crippen molar-refractivity contribution in [3.63, 3.8) is 0 Å². The molecule has 0 atom stereocenters. The standard InChI is InChI=1S/C29H38N4O4S2/c1-36-26-11-9-25(10-12-26)30-29-33(18-6-15-31-19-21-37-22-20-31)28(23-38-29)24-7-13-27(14-8-24)39(34,35)32-16-4-2-3-5-17-32/h7-14,23H,2-6,15-22H2,1H3. The predicted octanol–water partition coefficient (Wildman–Crippen LogP) is 4.74. The van der Waals surface area contributed by atoms with Gasteiger partial charge in [-0.15, -0.1) is 11.3 Å². The van der Waals surface area contributed by atoms with Crippen LogP contribution in [0.25, 0.3) is 11.3 Å². The van der Waals surface area contributed by atoms with Gasteiger partial charge in [-0.3, -0.25) is 4.90 Å². The summed E-state index contributed by atoms with van der Waals surface area (Å²) in [6.45, 7) is 6.55. The fourth-order valence-corrected chi connectivity index (χ4v) is 7.61. The molecule has 1 aromatic heterocycles. The third-order valence-electron chi connectivity index (χ3n) is 7.41. The first-order chi connectivity index (χ1) is 19.0. The van der Waals surface area contributed by atoms with E-state index < -0.39 is 10.0 Å². The van der Waals surface area contributed by atoms with Crippen molar-refractivity contribution in [3.8, 4) is 17.0 Å². The monoisotopic (exact) mass is 570 g/mol. The van der Waals surface area contributed by atoms with Crippen LogP contribution < -0.4 is 9.54 Å². The van der Waals surface area contributed by atoms with Crippen LogP contribution >= 0.6 is 11.3 Å². The molecular formula is C29H38N4O4S2. The Labute approximate surface area is 235 Å². The first-order valence-electron chi connectivity index (χ1n) is 13.8. The van der Waals surface area contributed by atoms with Crippen molar-refractivity contribution in [1.82, 2.24) is 13.8 Å². The first-order valence-corrected chi connectivity index (χ1v) is 16.1. The summed E-state index contributed by atoms with van der Waals surface area (Å²) >= 11 is 1.60. The fraction of sp³-hybridized carbons (Fsp3) is 0.483. The number of rotatable bonds is 9. The Bertz CT molecular complexity index is 1370. The zero-order valence-electron chi connectivity index (χ0n) is 22.6. The molecule has 3 heterocycles. The molecule has 0 saturated carbocycles. The average molecular weight is 571 g/mol. The molecule has 10 heteroatoms. The van der Waals surface area contributed by atoms with Crippen molar-refractivity contribution in [2.75, 3.05) is 53.0 Å². The lowest BCUT2D eigenvalue weighted by Gasteiger charge is -2.26. The van der Waals surface area contributed by atoms with Crippen molar-refractivity contribution in [2.45, 2.75) is 43.5 Å². The van der Waals surface area contributed by atoms with E-state index in [2.05, 4.69) is 14.8 Å². The van der Waals surface area contributed by atoms with Gasteiger partial charge in [0.15, 0.2) is 4.80 Å². The highest BCUT2D eigenvalue weighted by Gasteiger charge is 2.25. The molecule has 5 rings (SSSR count). The second-order valence-corrected chi connectivity index (χ2v) is 12.8. The molecule has 0 bridgehead atoms. The molecule has 2 aliphatic heterocycles. The van der Waals surface area contributed by atoms with Gasteiger partial charge in [0.2, 0.25) is 10.0 Å². The largest absolute Gasteiger partial charge is 0.497 e. The number of nitrogens with zero attached hydrogens (tertiary/aromatic N) is 4. The van der Waals surface area contributed by atoms with Crippen molar-refractivity contribution in [1.29, 1.82) is 0 Å². The lowest BCUT2D eigenvalue weighted by molar-refractivity contribution is 0.0369. The van der Waals surface area contributed by atoms with E-state index >= 15 is 0 Å². The third-order valence-corrected chi connectivity index (χ3v) is 10.2. The Morgan fingerprint density at radius 2 is 1.59 bits per heavy atom. The summed E-state index contributed by atoms with van der Waals surface area (Å²) in [7, 11) is -1.82. The van der Waals surface area contributed by atoms with Crippen LogP contribution in [0.4, 0.5) is 5.69 Å². The molecule has 0 N–H and O–H groups in total. The van der Waals surface area contributed by atoms with Gasteiger partial charge in [0.25, 0.3) is 0 Å². The summed E-state index contributed by atoms with van der Waals surface area (Å²) in [6.07, 6.45) is 5.03. The summed E-state index contributed by atoms with van der Waals surface area (Å²) in [5.41, 5.74) is 2.90. The number of morpholine rings is 1. The minimum Gasteiger partial charge on any atom is -0.497 e. The number of methoxy groups -OCH3 is 1. The SMILES string of the molecule is COc1ccc(N=c2scc(-c3ccc(S(=O)(=O)N4CCCCCC4)cc3)n2CCCN2CCOCC2)cc1. The Hall–Kier alpha value is -2.50. The summed E-state index contributed by atoms with van der Waals surface area (Å²) in [5, 5.41) is 2.12. The molecule has 2 aliphatic rings. The van der Waals surface area contributed by atoms with Crippen LogP contribution in [-0.4, -0.2) is 75.2 Å². The van der Waals surface area contributed by atoms with Gasteiger partial charge in [0.05, 0.1) is 36.6 Å². The van der Waals surface area contributed by atoms with Crippen molar-refractivity contribution >= 4 is 27.0 Å². The van der Waals surface area contributed by atoms with Crippen LogP contribution in [0.5, 0.6) is 5.75 Å². The molecule has 0 spiro atoms. The molecule has 8 nitrogen and oxygen atoms in total. The number of ether oxygens (including phenoxy) is 2. The molecule has 2 saturated heterocycles. The number of hydrogen-bond donors (Lipinski definition) is 0. The van der Waals surface area contributed by atoms with E-state index in [1.54, 1.807) is 34.9 Å². The van der Waals surface area contributed by atoms with Gasteiger partial charge in [0, 0.05) is 44.6 Å². The maximum atomic E-state index is 13.3. The number of hydrogen-bond acceptors (Lipinski definition) is 7. The van der Waals surface area contributed by atoms with Crippen LogP contribution in [0, 0.1) is 0 Å². The van der Waals surface area contributed by atoms with Gasteiger partial charge in [0.1, 0.15) is 5.75 Å². The van der Waals surface area contributed by atoms with E-state index in [4.69, 9.17) is 14.5 Å². The molecular weight excluding hydrogens is 532 g/mol. The number of benzene rings is 2. The van der Waals surface area contributed by atoms with E-state index in [-0.39, 0.29) is 0 Å². The highest BCUT2D eigenvalue weighted by atomic mass is 32.2. The average Bonchev–Trinajstić information content (AvgIpc) is 3.16. The quantitative estimate of drug-likeness (QED) is 0.371. The van der Waals surface area contributed by atoms with Crippen molar-refractivity contribution < 1.29 is 17.9 Å². The van der Waals surface area contributed by atoms with Crippen LogP contribution in [0.3, 0.4) is 0 Å². The summed E-state index contributed by atoms with van der Waals surface area (Å²) in [6, 6.07) is 15.1. The minimum atomic E-state index is -3.48. The zero-order chi connectivity index (χ0) is 27.1. The van der Waals surface area contributed by atoms with Crippen LogP contribution in [0.15, 0.2) is 63.8 Å². The number of sulfonamides is 1. The van der Waals surface area contributed by atoms with Gasteiger partial charge < -0.3 is 14.0 Å². The fourth-order valence-electron chi connectivity index (χ4n) is 5.14. The van der Waals surface area contributed by atoms with Crippen molar-refractivity contribution in [3.05, 3.63) is 58.7 Å². The molecule has 2 aromatic carbocycles. The Kier molecular flexibility index (Phi) is 9.52. The van der Waals surface area contributed by atoms with Gasteiger partial charge >= 0.3 is 0 Å². The lowest BCUT2D eigenvalue weighted by atomic mass is 10.2. The van der Waals surface area contributed by atoms with Gasteiger partial charge in [-0.05, 0) is 61.2 Å². The molecule has 3 aromatic rings. The van der Waals surface area contributed by atoms with E-state index in [1.165, 1.54) is 0 Å². The number of thiazole rings is 1. The minimum absolute atomic E-state index is 0.366. The second kappa shape index (κ2) is 13.2. The zero-order valence-corrected chi connectivity index (χ0v) is 24.3. The third kappa shape index (κ3) is 6.99. The number of aromatic nitrogens is 1. The van der Waals surface area contributed by atoms with Gasteiger partial charge in [-0.2, -0.15) is 4.31 Å². The molecule has 0 amide bonds. The second-order valence-electron chi connectivity index (χ2n) is 10.0. The highest BCUT2D eigenvalue weighted by Crippen LogP contribution is 2.26. The van der Waals surface area contributed by atoms with Crippen molar-refractivity contribution in [2.24, 2.45) is 4.99 Å². The van der Waals surface area contributed by atoms with E-state index in [9.17, 15) is 8.42 Å². The van der Waals surface area contributed by atoms with Crippen LogP contribution in [0.2, 0.25) is 0 Å². The topological polar surface area (TPSA) is 76.4 Å². The molecule has 39 heavy (non-hydrogen) atoms. The predicted molar refractivity (Wildman–Crippen MR) is 155 cm³/mol. The maximum absolute atomic E-state index is 13.3. The Morgan fingerprint density at radius 1 is 0.897 bits per heavy atom. The summed E-state index contributed by atoms with van der Waals surface area (Å²) in [5.74, 6) is 0.800. The van der Waals surface area contributed by atoms with Gasteiger partial charge in [-0.1, -0.05) is 25.0 Å². The molecule has 210 valence electrons. The Morgan fingerprint density at radius 3 is 2.26 bits per heavy atom. The smallest absolute Gasteiger partial charge is 0.243 e. The molecule has 0 radical (unpaired) electrons. The van der Waals surface area contributed by atoms with E-state index in [0.717, 1.165) is 99.0 Å². The van der Waals surface area contributed by atoms with Crippen LogP contribution in [0.1, 0.15) is 32.1 Å². The van der Waals surface area contributed by atoms with Gasteiger partial charge in [-0.25, -0.2) is 13.4 Å². The van der Waals surface area contributed by atoms with E-state index in [1.807, 2.05) is 36.4 Å². The Balaban J connectivity index is 1.41.